The Labute approximate surface area is 246 Å². The van der Waals surface area contributed by atoms with Crippen molar-refractivity contribution in [1.82, 2.24) is 35.6 Å². The number of rotatable bonds is 10. The summed E-state index contributed by atoms with van der Waals surface area (Å²) in [5, 5.41) is 14.0. The van der Waals surface area contributed by atoms with Gasteiger partial charge in [0.15, 0.2) is 5.69 Å². The van der Waals surface area contributed by atoms with E-state index in [4.69, 9.17) is 0 Å². The number of nitrogens with one attached hydrogen (secondary N) is 3. The van der Waals surface area contributed by atoms with E-state index in [-0.39, 0.29) is 42.7 Å². The Morgan fingerprint density at radius 3 is 2.47 bits per heavy atom. The Balaban J connectivity index is 1.53. The van der Waals surface area contributed by atoms with Crippen LogP contribution in [0.15, 0.2) is 24.4 Å². The second kappa shape index (κ2) is 12.6. The van der Waals surface area contributed by atoms with E-state index >= 15 is 0 Å². The average Bonchev–Trinajstić information content (AvgIpc) is 3.55. The maximum Gasteiger partial charge on any atom is 0.389 e. The number of benzene rings is 1. The highest BCUT2D eigenvalue weighted by atomic mass is 19.4. The number of fused-ring (bicyclic) bond motifs is 1. The van der Waals surface area contributed by atoms with Crippen LogP contribution in [0, 0.1) is 11.3 Å². The number of halogens is 5. The van der Waals surface area contributed by atoms with Gasteiger partial charge in [0.25, 0.3) is 5.91 Å². The topological polar surface area (TPSA) is 118 Å². The van der Waals surface area contributed by atoms with Crippen LogP contribution in [0.4, 0.5) is 22.0 Å². The number of carbonyl (C=O) groups excluding carboxylic acids is 2. The van der Waals surface area contributed by atoms with Crippen molar-refractivity contribution in [1.29, 1.82) is 0 Å². The molecule has 3 aromatic rings. The van der Waals surface area contributed by atoms with Gasteiger partial charge in [-0.05, 0) is 55.2 Å². The molecule has 1 aliphatic carbocycles. The van der Waals surface area contributed by atoms with E-state index in [9.17, 15) is 31.5 Å². The number of aryl methyl sites for hydroxylation is 1. The highest BCUT2D eigenvalue weighted by Gasteiger charge is 2.39. The van der Waals surface area contributed by atoms with Gasteiger partial charge >= 0.3 is 6.18 Å². The monoisotopic (exact) mass is 611 g/mol. The highest BCUT2D eigenvalue weighted by Crippen LogP contribution is 2.41. The van der Waals surface area contributed by atoms with Crippen molar-refractivity contribution in [2.24, 2.45) is 11.3 Å². The number of alkyl halides is 5. The number of hydrogen-bond donors (Lipinski definition) is 3. The van der Waals surface area contributed by atoms with Crippen LogP contribution < -0.4 is 10.6 Å². The van der Waals surface area contributed by atoms with E-state index in [1.165, 1.54) is 11.0 Å². The first-order valence-corrected chi connectivity index (χ1v) is 14.4. The van der Waals surface area contributed by atoms with Crippen LogP contribution in [0.3, 0.4) is 0 Å². The summed E-state index contributed by atoms with van der Waals surface area (Å²) in [6, 6.07) is 3.83. The fourth-order valence-corrected chi connectivity index (χ4v) is 5.08. The molecule has 0 aliphatic heterocycles. The zero-order valence-electron chi connectivity index (χ0n) is 24.7. The minimum Gasteiger partial charge on any atom is -0.350 e. The van der Waals surface area contributed by atoms with Gasteiger partial charge in [0.2, 0.25) is 11.8 Å². The summed E-state index contributed by atoms with van der Waals surface area (Å²) in [6.45, 7) is 8.46. The molecule has 0 spiro atoms. The van der Waals surface area contributed by atoms with Gasteiger partial charge < -0.3 is 15.6 Å². The normalized spacial score (nSPS) is 17.5. The third-order valence-electron chi connectivity index (χ3n) is 7.68. The van der Waals surface area contributed by atoms with Crippen molar-refractivity contribution < 1.29 is 31.5 Å². The molecule has 43 heavy (non-hydrogen) atoms. The van der Waals surface area contributed by atoms with Gasteiger partial charge in [-0.1, -0.05) is 26.8 Å². The number of imidazole rings is 1. The second-order valence-electron chi connectivity index (χ2n) is 12.6. The minimum absolute atomic E-state index is 0.0574. The molecule has 1 saturated carbocycles. The fraction of sp³-hybridized carbons (Fsp3) is 0.621. The van der Waals surface area contributed by atoms with Gasteiger partial charge in [0, 0.05) is 19.3 Å². The molecule has 0 unspecified atom stereocenters. The number of nitrogens with zero attached hydrogens (tertiary/aromatic N) is 4. The smallest absolute Gasteiger partial charge is 0.350 e. The molecule has 236 valence electrons. The lowest BCUT2D eigenvalue weighted by Crippen LogP contribution is -2.38. The minimum atomic E-state index is -4.42. The summed E-state index contributed by atoms with van der Waals surface area (Å²) >= 11 is 0. The summed E-state index contributed by atoms with van der Waals surface area (Å²) < 4.78 is 65.4. The standard InChI is InChI=1S/C29H38F5N7O2/c1-17(36-23(42)9-12-29(32,33)34)19-5-6-20-21(15-19)38-25(37-20)24(18-7-10-28(30,31)11-8-18)39-26(43)22-16-35-41(40-22)14-13-27(2,3)4/h5-6,15-18,24H,7-14H2,1-4H3,(H,36,42)(H,37,38)(H,39,43)/t17-,24+/m1/s1. The van der Waals surface area contributed by atoms with E-state index in [1.807, 2.05) is 0 Å². The number of H-pyrrole nitrogens is 1. The van der Waals surface area contributed by atoms with Crippen LogP contribution in [0.5, 0.6) is 0 Å². The molecule has 4 rings (SSSR count). The maximum atomic E-state index is 14.0. The molecule has 0 bridgehead atoms. The fourth-order valence-electron chi connectivity index (χ4n) is 5.08. The number of hydrogen-bond acceptors (Lipinski definition) is 5. The number of carbonyl (C=O) groups is 2. The van der Waals surface area contributed by atoms with Crippen molar-refractivity contribution in [2.75, 3.05) is 0 Å². The van der Waals surface area contributed by atoms with Crippen molar-refractivity contribution in [3.8, 4) is 0 Å². The van der Waals surface area contributed by atoms with E-state index in [2.05, 4.69) is 51.6 Å². The predicted octanol–water partition coefficient (Wildman–Crippen LogP) is 6.41. The number of amides is 2. The van der Waals surface area contributed by atoms with Crippen LogP contribution in [0.2, 0.25) is 0 Å². The first kappa shape index (κ1) is 32.3. The lowest BCUT2D eigenvalue weighted by Gasteiger charge is -2.33. The van der Waals surface area contributed by atoms with Crippen LogP contribution in [-0.4, -0.2) is 48.9 Å². The zero-order chi connectivity index (χ0) is 31.6. The van der Waals surface area contributed by atoms with Crippen LogP contribution in [-0.2, 0) is 11.3 Å². The van der Waals surface area contributed by atoms with E-state index in [0.29, 0.717) is 29.0 Å². The average molecular weight is 612 g/mol. The van der Waals surface area contributed by atoms with Gasteiger partial charge in [-0.15, -0.1) is 5.10 Å². The van der Waals surface area contributed by atoms with Crippen molar-refractivity contribution in [3.63, 3.8) is 0 Å². The molecule has 3 N–H and O–H groups in total. The van der Waals surface area contributed by atoms with Gasteiger partial charge in [-0.2, -0.15) is 23.1 Å². The SMILES string of the molecule is C[C@@H](NC(=O)CCC(F)(F)F)c1ccc2nc([C@@H](NC(=O)c3cnn(CCC(C)(C)C)n3)C3CCC(F)(F)CC3)[nH]c2c1. The summed E-state index contributed by atoms with van der Waals surface area (Å²) in [5.74, 6) is -3.91. The van der Waals surface area contributed by atoms with Gasteiger partial charge in [0.1, 0.15) is 5.82 Å². The molecule has 9 nitrogen and oxygen atoms in total. The Kier molecular flexibility index (Phi) is 9.45. The summed E-state index contributed by atoms with van der Waals surface area (Å²) in [4.78, 5) is 34.6. The largest absolute Gasteiger partial charge is 0.389 e. The van der Waals surface area contributed by atoms with E-state index in [0.717, 1.165) is 6.42 Å². The van der Waals surface area contributed by atoms with Crippen LogP contribution in [0.25, 0.3) is 11.0 Å². The molecular formula is C29H38F5N7O2. The van der Waals surface area contributed by atoms with E-state index in [1.54, 1.807) is 25.1 Å². The van der Waals surface area contributed by atoms with Crippen molar-refractivity contribution in [2.45, 2.75) is 103 Å². The van der Waals surface area contributed by atoms with Crippen LogP contribution >= 0.6 is 0 Å². The third-order valence-corrected chi connectivity index (χ3v) is 7.68. The number of aromatic nitrogens is 5. The summed E-state index contributed by atoms with van der Waals surface area (Å²) in [5.41, 5.74) is 1.91. The highest BCUT2D eigenvalue weighted by molar-refractivity contribution is 5.92. The Morgan fingerprint density at radius 1 is 1.12 bits per heavy atom. The summed E-state index contributed by atoms with van der Waals surface area (Å²) in [7, 11) is 0. The maximum absolute atomic E-state index is 14.0. The van der Waals surface area contributed by atoms with Crippen LogP contribution in [0.1, 0.15) is 107 Å². The molecule has 2 aromatic heterocycles. The lowest BCUT2D eigenvalue weighted by atomic mass is 9.81. The summed E-state index contributed by atoms with van der Waals surface area (Å²) in [6.07, 6.45) is -4.37. The first-order chi connectivity index (χ1) is 20.0. The molecule has 14 heteroatoms. The quantitative estimate of drug-likeness (QED) is 0.229. The third kappa shape index (κ3) is 9.20. The van der Waals surface area contributed by atoms with Gasteiger partial charge in [-0.3, -0.25) is 9.59 Å². The molecule has 1 aromatic carbocycles. The first-order valence-electron chi connectivity index (χ1n) is 14.4. The molecule has 2 amide bonds. The molecular weight excluding hydrogens is 573 g/mol. The molecule has 2 atom stereocenters. The molecule has 2 heterocycles. The zero-order valence-corrected chi connectivity index (χ0v) is 24.7. The second-order valence-corrected chi connectivity index (χ2v) is 12.6. The molecule has 0 saturated heterocycles. The Morgan fingerprint density at radius 2 is 1.81 bits per heavy atom. The van der Waals surface area contributed by atoms with Crippen molar-refractivity contribution in [3.05, 3.63) is 41.5 Å². The molecule has 1 aliphatic rings. The van der Waals surface area contributed by atoms with Gasteiger partial charge in [0.05, 0.1) is 42.3 Å². The predicted molar refractivity (Wildman–Crippen MR) is 149 cm³/mol. The number of aromatic amines is 1. The van der Waals surface area contributed by atoms with Crippen molar-refractivity contribution >= 4 is 22.8 Å². The Hall–Kier alpha value is -3.58. The lowest BCUT2D eigenvalue weighted by molar-refractivity contribution is -0.144. The molecule has 0 radical (unpaired) electrons. The van der Waals surface area contributed by atoms with E-state index < -0.39 is 48.8 Å². The Bertz CT molecular complexity index is 1420. The van der Waals surface area contributed by atoms with Gasteiger partial charge in [-0.25, -0.2) is 13.8 Å². The molecule has 1 fully saturated rings.